The Balaban J connectivity index is 2.42. The molecule has 0 heterocycles. The van der Waals surface area contributed by atoms with Gasteiger partial charge in [-0.3, -0.25) is 9.00 Å². The number of rotatable bonds is 4. The van der Waals surface area contributed by atoms with Crippen molar-refractivity contribution in [1.82, 2.24) is 5.32 Å². The highest BCUT2D eigenvalue weighted by Crippen LogP contribution is 2.25. The average Bonchev–Trinajstić information content (AvgIpc) is 2.26. The van der Waals surface area contributed by atoms with Gasteiger partial charge in [-0.15, -0.1) is 0 Å². The molecule has 1 saturated carbocycles. The van der Waals surface area contributed by atoms with E-state index in [4.69, 9.17) is 5.73 Å². The third kappa shape index (κ3) is 3.56. The number of nitrogens with one attached hydrogen (secondary N) is 1. The standard InChI is InChI=1S/C11H22N2O2S/c1-9(16(2)15)8-13-10(14)11(12)6-4-3-5-7-11/h9H,3-8,12H2,1-2H3,(H,13,14). The average molecular weight is 246 g/mol. The van der Waals surface area contributed by atoms with E-state index in [0.717, 1.165) is 25.7 Å². The second kappa shape index (κ2) is 5.77. The summed E-state index contributed by atoms with van der Waals surface area (Å²) in [7, 11) is -0.901. The van der Waals surface area contributed by atoms with Crippen LogP contribution in [0.4, 0.5) is 0 Å². The summed E-state index contributed by atoms with van der Waals surface area (Å²) in [6, 6.07) is 0. The molecular weight excluding hydrogens is 224 g/mol. The third-order valence-corrected chi connectivity index (χ3v) is 4.61. The van der Waals surface area contributed by atoms with E-state index in [1.807, 2.05) is 6.92 Å². The fourth-order valence-electron chi connectivity index (χ4n) is 1.94. The van der Waals surface area contributed by atoms with Gasteiger partial charge in [-0.1, -0.05) is 19.3 Å². The molecule has 0 spiro atoms. The van der Waals surface area contributed by atoms with Crippen molar-refractivity contribution in [3.8, 4) is 0 Å². The maximum absolute atomic E-state index is 11.9. The lowest BCUT2D eigenvalue weighted by molar-refractivity contribution is -0.127. The summed E-state index contributed by atoms with van der Waals surface area (Å²) in [6.07, 6.45) is 6.40. The van der Waals surface area contributed by atoms with E-state index in [1.54, 1.807) is 6.26 Å². The number of amides is 1. The Labute approximate surface area is 99.8 Å². The quantitative estimate of drug-likeness (QED) is 0.760. The van der Waals surface area contributed by atoms with Crippen LogP contribution in [0.2, 0.25) is 0 Å². The molecule has 1 amide bonds. The van der Waals surface area contributed by atoms with Crippen LogP contribution in [-0.4, -0.2) is 33.7 Å². The van der Waals surface area contributed by atoms with Gasteiger partial charge in [0.1, 0.15) is 0 Å². The molecule has 0 aliphatic heterocycles. The molecule has 4 nitrogen and oxygen atoms in total. The third-order valence-electron chi connectivity index (χ3n) is 3.31. The minimum absolute atomic E-state index is 0.0175. The molecule has 0 saturated heterocycles. The lowest BCUT2D eigenvalue weighted by Crippen LogP contribution is -2.56. The van der Waals surface area contributed by atoms with Crippen molar-refractivity contribution in [1.29, 1.82) is 0 Å². The Morgan fingerprint density at radius 3 is 2.50 bits per heavy atom. The van der Waals surface area contributed by atoms with Crippen LogP contribution in [0.25, 0.3) is 0 Å². The van der Waals surface area contributed by atoms with Crippen LogP contribution in [0.15, 0.2) is 0 Å². The molecule has 0 aromatic carbocycles. The molecule has 5 heteroatoms. The van der Waals surface area contributed by atoms with Crippen molar-refractivity contribution in [2.24, 2.45) is 5.73 Å². The van der Waals surface area contributed by atoms with Crippen molar-refractivity contribution >= 4 is 16.7 Å². The van der Waals surface area contributed by atoms with E-state index >= 15 is 0 Å². The molecular formula is C11H22N2O2S. The summed E-state index contributed by atoms with van der Waals surface area (Å²) in [4.78, 5) is 11.9. The number of hydrogen-bond donors (Lipinski definition) is 2. The molecule has 2 atom stereocenters. The lowest BCUT2D eigenvalue weighted by Gasteiger charge is -2.32. The highest BCUT2D eigenvalue weighted by molar-refractivity contribution is 7.84. The fourth-order valence-corrected chi connectivity index (χ4v) is 2.26. The maximum Gasteiger partial charge on any atom is 0.240 e. The van der Waals surface area contributed by atoms with Crippen molar-refractivity contribution < 1.29 is 9.00 Å². The lowest BCUT2D eigenvalue weighted by atomic mass is 9.82. The largest absolute Gasteiger partial charge is 0.353 e. The first-order chi connectivity index (χ1) is 7.46. The summed E-state index contributed by atoms with van der Waals surface area (Å²) in [6.45, 7) is 2.31. The molecule has 1 fully saturated rings. The van der Waals surface area contributed by atoms with E-state index in [9.17, 15) is 9.00 Å². The monoisotopic (exact) mass is 246 g/mol. The van der Waals surface area contributed by atoms with Gasteiger partial charge in [0.2, 0.25) is 5.91 Å². The van der Waals surface area contributed by atoms with E-state index in [1.165, 1.54) is 6.42 Å². The van der Waals surface area contributed by atoms with Crippen molar-refractivity contribution in [2.75, 3.05) is 12.8 Å². The second-order valence-electron chi connectivity index (χ2n) is 4.74. The van der Waals surface area contributed by atoms with Gasteiger partial charge >= 0.3 is 0 Å². The van der Waals surface area contributed by atoms with E-state index in [0.29, 0.717) is 6.54 Å². The van der Waals surface area contributed by atoms with Gasteiger partial charge < -0.3 is 11.1 Å². The zero-order valence-electron chi connectivity index (χ0n) is 10.1. The number of carbonyl (C=O) groups is 1. The van der Waals surface area contributed by atoms with Gasteiger partial charge in [0.05, 0.1) is 5.54 Å². The summed E-state index contributed by atoms with van der Waals surface area (Å²) in [5.41, 5.74) is 5.39. The SMILES string of the molecule is CC(CNC(=O)C1(N)CCCCC1)S(C)=O. The first kappa shape index (κ1) is 13.6. The van der Waals surface area contributed by atoms with Crippen molar-refractivity contribution in [2.45, 2.75) is 49.8 Å². The zero-order valence-corrected chi connectivity index (χ0v) is 10.9. The molecule has 0 bridgehead atoms. The fraction of sp³-hybridized carbons (Fsp3) is 0.909. The predicted molar refractivity (Wildman–Crippen MR) is 66.5 cm³/mol. The van der Waals surface area contributed by atoms with Gasteiger partial charge in [0.15, 0.2) is 0 Å². The summed E-state index contributed by atoms with van der Waals surface area (Å²) in [5.74, 6) is -0.0792. The first-order valence-electron chi connectivity index (χ1n) is 5.85. The minimum Gasteiger partial charge on any atom is -0.353 e. The highest BCUT2D eigenvalue weighted by atomic mass is 32.2. The molecule has 0 aromatic rings. The Bertz CT molecular complexity index is 275. The molecule has 1 aliphatic carbocycles. The number of carbonyl (C=O) groups excluding carboxylic acids is 1. The van der Waals surface area contributed by atoms with Crippen LogP contribution in [0.1, 0.15) is 39.0 Å². The number of nitrogens with two attached hydrogens (primary N) is 1. The summed E-state index contributed by atoms with van der Waals surface area (Å²) < 4.78 is 11.1. The predicted octanol–water partition coefficient (Wildman–Crippen LogP) is 0.531. The van der Waals surface area contributed by atoms with Crippen LogP contribution in [-0.2, 0) is 15.6 Å². The van der Waals surface area contributed by atoms with Crippen molar-refractivity contribution in [3.63, 3.8) is 0 Å². The Morgan fingerprint density at radius 2 is 2.00 bits per heavy atom. The maximum atomic E-state index is 11.9. The smallest absolute Gasteiger partial charge is 0.240 e. The molecule has 0 radical (unpaired) electrons. The summed E-state index contributed by atoms with van der Waals surface area (Å²) in [5, 5.41) is 2.80. The molecule has 1 aliphatic rings. The van der Waals surface area contributed by atoms with Crippen LogP contribution in [0.3, 0.4) is 0 Å². The Morgan fingerprint density at radius 1 is 1.44 bits per heavy atom. The molecule has 94 valence electrons. The molecule has 0 aromatic heterocycles. The normalized spacial score (nSPS) is 23.4. The number of hydrogen-bond acceptors (Lipinski definition) is 3. The van der Waals surface area contributed by atoms with Gasteiger partial charge in [-0.25, -0.2) is 0 Å². The first-order valence-corrected chi connectivity index (χ1v) is 7.47. The van der Waals surface area contributed by atoms with Gasteiger partial charge in [-0.05, 0) is 19.8 Å². The van der Waals surface area contributed by atoms with Crippen LogP contribution in [0.5, 0.6) is 0 Å². The highest BCUT2D eigenvalue weighted by Gasteiger charge is 2.35. The molecule has 1 rings (SSSR count). The van der Waals surface area contributed by atoms with Gasteiger partial charge in [0, 0.05) is 28.9 Å². The Kier molecular flexibility index (Phi) is 4.92. The van der Waals surface area contributed by atoms with Gasteiger partial charge in [0.25, 0.3) is 0 Å². The second-order valence-corrected chi connectivity index (χ2v) is 6.54. The van der Waals surface area contributed by atoms with Crippen LogP contribution < -0.4 is 11.1 Å². The molecule has 16 heavy (non-hydrogen) atoms. The molecule has 3 N–H and O–H groups in total. The summed E-state index contributed by atoms with van der Waals surface area (Å²) >= 11 is 0. The minimum atomic E-state index is -0.901. The van der Waals surface area contributed by atoms with Crippen molar-refractivity contribution in [3.05, 3.63) is 0 Å². The Hall–Kier alpha value is -0.420. The van der Waals surface area contributed by atoms with Crippen LogP contribution in [0, 0.1) is 0 Å². The van der Waals surface area contributed by atoms with E-state index < -0.39 is 16.3 Å². The van der Waals surface area contributed by atoms with Crippen LogP contribution >= 0.6 is 0 Å². The van der Waals surface area contributed by atoms with E-state index in [-0.39, 0.29) is 11.2 Å². The van der Waals surface area contributed by atoms with E-state index in [2.05, 4.69) is 5.32 Å². The zero-order chi connectivity index (χ0) is 12.2. The molecule has 2 unspecified atom stereocenters. The topological polar surface area (TPSA) is 72.2 Å². The van der Waals surface area contributed by atoms with Gasteiger partial charge in [-0.2, -0.15) is 0 Å².